The highest BCUT2D eigenvalue weighted by atomic mass is 16.7. The van der Waals surface area contributed by atoms with Crippen molar-refractivity contribution in [1.82, 2.24) is 4.90 Å². The van der Waals surface area contributed by atoms with Crippen LogP contribution in [-0.2, 0) is 30.3 Å². The van der Waals surface area contributed by atoms with Crippen molar-refractivity contribution in [3.8, 4) is 17.2 Å². The number of imide groups is 1. The number of fused-ring (bicyclic) bond motifs is 3. The van der Waals surface area contributed by atoms with Crippen molar-refractivity contribution in [3.63, 3.8) is 0 Å². The van der Waals surface area contributed by atoms with Gasteiger partial charge in [0, 0.05) is 48.8 Å². The second-order valence-corrected chi connectivity index (χ2v) is 11.7. The minimum Gasteiger partial charge on any atom is -0.507 e. The molecule has 0 radical (unpaired) electrons. The van der Waals surface area contributed by atoms with Gasteiger partial charge in [-0.15, -0.1) is 0 Å². The smallest absolute Gasteiger partial charge is 0.230 e. The summed E-state index contributed by atoms with van der Waals surface area (Å²) in [7, 11) is 1.30. The molecule has 45 heavy (non-hydrogen) atoms. The van der Waals surface area contributed by atoms with Crippen LogP contribution in [0.5, 0.6) is 17.2 Å². The zero-order valence-electron chi connectivity index (χ0n) is 24.3. The van der Waals surface area contributed by atoms with Gasteiger partial charge in [0.25, 0.3) is 0 Å². The summed E-state index contributed by atoms with van der Waals surface area (Å²) in [6, 6.07) is 3.26. The van der Waals surface area contributed by atoms with Gasteiger partial charge >= 0.3 is 0 Å². The van der Waals surface area contributed by atoms with E-state index in [2.05, 4.69) is 0 Å². The minimum absolute atomic E-state index is 0.0198. The Labute approximate surface area is 255 Å². The van der Waals surface area contributed by atoms with Crippen LogP contribution in [-0.4, -0.2) is 103 Å². The average Bonchev–Trinajstić information content (AvgIpc) is 3.35. The third kappa shape index (κ3) is 4.63. The minimum atomic E-state index is -2.34. The Morgan fingerprint density at radius 3 is 2.36 bits per heavy atom. The summed E-state index contributed by atoms with van der Waals surface area (Å²) in [6.45, 7) is 0.415. The van der Waals surface area contributed by atoms with Gasteiger partial charge in [-0.1, -0.05) is 12.1 Å². The lowest BCUT2D eigenvalue weighted by Gasteiger charge is -2.44. The Morgan fingerprint density at radius 2 is 1.71 bits per heavy atom. The highest BCUT2D eigenvalue weighted by Gasteiger charge is 2.51. The zero-order chi connectivity index (χ0) is 32.5. The van der Waals surface area contributed by atoms with Crippen LogP contribution in [0.3, 0.4) is 0 Å². The number of phenols is 2. The largest absolute Gasteiger partial charge is 0.507 e. The number of ketones is 3. The van der Waals surface area contributed by atoms with Crippen LogP contribution in [0.15, 0.2) is 18.2 Å². The van der Waals surface area contributed by atoms with Crippen LogP contribution in [0.1, 0.15) is 81.7 Å². The van der Waals surface area contributed by atoms with E-state index in [1.807, 2.05) is 0 Å². The molecular formula is C31H31NO13. The maximum absolute atomic E-state index is 13.8. The lowest BCUT2D eigenvalue weighted by molar-refractivity contribution is -0.256. The first-order valence-electron chi connectivity index (χ1n) is 14.4. The molecule has 4 unspecified atom stereocenters. The van der Waals surface area contributed by atoms with E-state index in [1.54, 1.807) is 0 Å². The number of hydrogen-bond acceptors (Lipinski definition) is 13. The van der Waals surface area contributed by atoms with E-state index in [-0.39, 0.29) is 47.3 Å². The number of rotatable bonds is 6. The number of likely N-dealkylation sites (tertiary alicyclic amines) is 1. The number of methoxy groups -OCH3 is 1. The molecule has 2 heterocycles. The predicted octanol–water partition coefficient (Wildman–Crippen LogP) is 0.192. The summed E-state index contributed by atoms with van der Waals surface area (Å²) in [5, 5.41) is 55.0. The van der Waals surface area contributed by atoms with Crippen molar-refractivity contribution in [3.05, 3.63) is 51.6 Å². The molecule has 2 aromatic rings. The Hall–Kier alpha value is -4.21. The number of aliphatic hydroxyl groups is 3. The van der Waals surface area contributed by atoms with Crippen molar-refractivity contribution >= 4 is 29.2 Å². The molecule has 2 aliphatic heterocycles. The van der Waals surface area contributed by atoms with E-state index in [0.29, 0.717) is 0 Å². The van der Waals surface area contributed by atoms with Gasteiger partial charge in [-0.25, -0.2) is 0 Å². The molecule has 0 spiro atoms. The second-order valence-electron chi connectivity index (χ2n) is 11.7. The fraction of sp³-hybridized carbons (Fsp3) is 0.452. The molecule has 5 N–H and O–H groups in total. The van der Waals surface area contributed by atoms with Gasteiger partial charge in [-0.2, -0.15) is 0 Å². The maximum Gasteiger partial charge on any atom is 0.230 e. The molecule has 2 amide bonds. The van der Waals surface area contributed by atoms with E-state index in [4.69, 9.17) is 14.2 Å². The molecule has 6 rings (SSSR count). The summed E-state index contributed by atoms with van der Waals surface area (Å²) in [5.74, 6) is -5.06. The van der Waals surface area contributed by atoms with Gasteiger partial charge in [0.05, 0.1) is 42.0 Å². The Kier molecular flexibility index (Phi) is 7.53. The van der Waals surface area contributed by atoms with Gasteiger partial charge in [0.15, 0.2) is 17.9 Å². The highest BCUT2D eigenvalue weighted by molar-refractivity contribution is 6.31. The van der Waals surface area contributed by atoms with Crippen LogP contribution >= 0.6 is 0 Å². The number of carbonyl (C=O) groups excluding carboxylic acids is 5. The van der Waals surface area contributed by atoms with E-state index in [9.17, 15) is 49.5 Å². The summed E-state index contributed by atoms with van der Waals surface area (Å²) in [4.78, 5) is 66.2. The topological polar surface area (TPSA) is 217 Å². The first-order valence-corrected chi connectivity index (χ1v) is 14.4. The molecule has 6 atom stereocenters. The van der Waals surface area contributed by atoms with Gasteiger partial charge in [-0.3, -0.25) is 28.9 Å². The van der Waals surface area contributed by atoms with Gasteiger partial charge in [0.2, 0.25) is 17.6 Å². The van der Waals surface area contributed by atoms with Crippen molar-refractivity contribution in [1.29, 1.82) is 0 Å². The van der Waals surface area contributed by atoms with Gasteiger partial charge in [0.1, 0.15) is 35.6 Å². The number of ether oxygens (including phenoxy) is 3. The summed E-state index contributed by atoms with van der Waals surface area (Å²) in [6.07, 6.45) is -6.45. The first-order chi connectivity index (χ1) is 21.3. The van der Waals surface area contributed by atoms with Crippen molar-refractivity contribution < 1.29 is 63.7 Å². The Bertz CT molecular complexity index is 1650. The van der Waals surface area contributed by atoms with Crippen molar-refractivity contribution in [2.45, 2.75) is 75.3 Å². The number of Topliss-reactive ketones (excluding diaryl/α,β-unsaturated/α-hetero) is 1. The summed E-state index contributed by atoms with van der Waals surface area (Å²) < 4.78 is 17.3. The van der Waals surface area contributed by atoms with Gasteiger partial charge in [-0.05, 0) is 13.0 Å². The average molecular weight is 626 g/mol. The van der Waals surface area contributed by atoms with Crippen LogP contribution in [0.25, 0.3) is 0 Å². The molecule has 2 aliphatic carbocycles. The van der Waals surface area contributed by atoms with Crippen LogP contribution < -0.4 is 4.74 Å². The van der Waals surface area contributed by atoms with Crippen LogP contribution in [0, 0.1) is 0 Å². The number of benzene rings is 2. The van der Waals surface area contributed by atoms with Crippen LogP contribution in [0.2, 0.25) is 0 Å². The maximum atomic E-state index is 13.8. The molecule has 14 nitrogen and oxygen atoms in total. The molecule has 2 saturated heterocycles. The number of nitrogens with zero attached hydrogens (tertiary/aromatic N) is 1. The van der Waals surface area contributed by atoms with E-state index >= 15 is 0 Å². The number of phenolic OH excluding ortho intramolecular Hbond substituents is 2. The van der Waals surface area contributed by atoms with Crippen molar-refractivity contribution in [2.24, 2.45) is 0 Å². The summed E-state index contributed by atoms with van der Waals surface area (Å²) >= 11 is 0. The molecular weight excluding hydrogens is 594 g/mol. The lowest BCUT2D eigenvalue weighted by atomic mass is 9.72. The number of hydrogen-bond donors (Lipinski definition) is 5. The second kappa shape index (κ2) is 11.0. The fourth-order valence-corrected chi connectivity index (χ4v) is 6.91. The number of amides is 2. The lowest BCUT2D eigenvalue weighted by Crippen LogP contribution is -2.57. The van der Waals surface area contributed by atoms with E-state index < -0.39 is 107 Å². The SMILES string of the molecule is COc1cccc2c1C(=O)c1c(O)c3c(c(O)c1C2=O)C[C@@](O)(C(=O)CO)C[C@@H]3OC1CC(N2C(=O)CCC2=O)C(O)C(C)O1. The predicted molar refractivity (Wildman–Crippen MR) is 149 cm³/mol. The first kappa shape index (κ1) is 30.8. The molecule has 2 fully saturated rings. The number of aliphatic hydroxyl groups excluding tert-OH is 2. The molecule has 2 aromatic carbocycles. The number of carbonyl (C=O) groups is 5. The monoisotopic (exact) mass is 625 g/mol. The molecule has 0 aromatic heterocycles. The third-order valence-corrected chi connectivity index (χ3v) is 9.15. The highest BCUT2D eigenvalue weighted by Crippen LogP contribution is 2.52. The van der Waals surface area contributed by atoms with Crippen molar-refractivity contribution in [2.75, 3.05) is 13.7 Å². The zero-order valence-corrected chi connectivity index (χ0v) is 24.3. The number of aromatic hydroxyl groups is 2. The normalized spacial score (nSPS) is 29.4. The van der Waals surface area contributed by atoms with Gasteiger partial charge < -0.3 is 39.7 Å². The van der Waals surface area contributed by atoms with E-state index in [0.717, 1.165) is 4.90 Å². The Balaban J connectivity index is 1.46. The molecule has 0 saturated carbocycles. The quantitative estimate of drug-likeness (QED) is 0.183. The molecule has 238 valence electrons. The molecule has 4 aliphatic rings. The fourth-order valence-electron chi connectivity index (χ4n) is 6.91. The molecule has 14 heteroatoms. The molecule has 0 bridgehead atoms. The van der Waals surface area contributed by atoms with Crippen LogP contribution in [0.4, 0.5) is 0 Å². The Morgan fingerprint density at radius 1 is 1.04 bits per heavy atom. The standard InChI is InChI=1S/C31H31NO13/c1-12-26(37)15(32-19(35)6-7-20(32)36)8-21(44-12)45-17-10-31(42,18(34)11-33)9-14-23(17)30(41)25-24(28(14)39)27(38)13-4-3-5-16(43-2)22(13)29(25)40/h3-5,12,15,17,21,26,33,37,39,41-42H,6-11H2,1-2H3/t12?,15?,17-,21?,26?,31-/m0/s1. The third-order valence-electron chi connectivity index (χ3n) is 9.15. The van der Waals surface area contributed by atoms with E-state index in [1.165, 1.54) is 32.2 Å². The summed E-state index contributed by atoms with van der Waals surface area (Å²) in [5.41, 5.74) is -4.08.